The number of carbonyl (C=O) groups excluding carboxylic acids is 1. The Morgan fingerprint density at radius 3 is 2.83 bits per heavy atom. The van der Waals surface area contributed by atoms with E-state index in [0.717, 1.165) is 11.3 Å². The first kappa shape index (κ1) is 13.4. The van der Waals surface area contributed by atoms with Gasteiger partial charge in [0.1, 0.15) is 0 Å². The van der Waals surface area contributed by atoms with Gasteiger partial charge in [0.25, 0.3) is 5.91 Å². The van der Waals surface area contributed by atoms with E-state index in [2.05, 4.69) is 0 Å². The second-order valence-corrected chi connectivity index (χ2v) is 5.74. The summed E-state index contributed by atoms with van der Waals surface area (Å²) in [5.74, 6) is 0.941. The number of thioether (sulfide) groups is 1. The number of hydrogen-bond donors (Lipinski definition) is 1. The third kappa shape index (κ3) is 2.70. The molecule has 0 aliphatic carbocycles. The van der Waals surface area contributed by atoms with Crippen LogP contribution >= 0.6 is 11.8 Å². The van der Waals surface area contributed by atoms with Gasteiger partial charge in [0, 0.05) is 11.3 Å². The molecule has 2 rings (SSSR count). The van der Waals surface area contributed by atoms with E-state index in [1.807, 2.05) is 37.4 Å². The lowest BCUT2D eigenvalue weighted by atomic mass is 9.90. The van der Waals surface area contributed by atoms with Gasteiger partial charge < -0.3 is 10.0 Å². The number of rotatable bonds is 4. The first-order chi connectivity index (χ1) is 8.58. The summed E-state index contributed by atoms with van der Waals surface area (Å²) in [6.07, 6.45) is 2.74. The van der Waals surface area contributed by atoms with Crippen LogP contribution < -0.4 is 0 Å². The van der Waals surface area contributed by atoms with E-state index in [1.54, 1.807) is 16.7 Å². The highest BCUT2D eigenvalue weighted by Crippen LogP contribution is 2.26. The molecule has 1 aromatic carbocycles. The van der Waals surface area contributed by atoms with E-state index in [9.17, 15) is 9.90 Å². The molecule has 1 aliphatic heterocycles. The third-order valence-corrected chi connectivity index (χ3v) is 4.02. The standard InChI is InChI=1S/C14H19NO2S/c1-3-14(17)9-15(10-14)13(16)12-6-4-5-11(7-12)8-18-2/h4-7,17H,3,8-10H2,1-2H3. The first-order valence-corrected chi connectivity index (χ1v) is 7.57. The lowest BCUT2D eigenvalue weighted by Crippen LogP contribution is -2.63. The molecule has 1 heterocycles. The van der Waals surface area contributed by atoms with Gasteiger partial charge in [-0.2, -0.15) is 11.8 Å². The van der Waals surface area contributed by atoms with Crippen LogP contribution in [0.15, 0.2) is 24.3 Å². The van der Waals surface area contributed by atoms with E-state index >= 15 is 0 Å². The van der Waals surface area contributed by atoms with Gasteiger partial charge in [-0.05, 0) is 30.4 Å². The fraction of sp³-hybridized carbons (Fsp3) is 0.500. The van der Waals surface area contributed by atoms with Crippen LogP contribution in [-0.2, 0) is 5.75 Å². The van der Waals surface area contributed by atoms with Crippen molar-refractivity contribution in [3.8, 4) is 0 Å². The normalized spacial score (nSPS) is 17.4. The van der Waals surface area contributed by atoms with Crippen LogP contribution in [0.4, 0.5) is 0 Å². The topological polar surface area (TPSA) is 40.5 Å². The Morgan fingerprint density at radius 2 is 2.22 bits per heavy atom. The molecular weight excluding hydrogens is 246 g/mol. The molecule has 0 radical (unpaired) electrons. The monoisotopic (exact) mass is 265 g/mol. The zero-order chi connectivity index (χ0) is 13.2. The Balaban J connectivity index is 2.04. The summed E-state index contributed by atoms with van der Waals surface area (Å²) in [6.45, 7) is 2.85. The van der Waals surface area contributed by atoms with Gasteiger partial charge in [-0.15, -0.1) is 0 Å². The summed E-state index contributed by atoms with van der Waals surface area (Å²) >= 11 is 1.74. The Bertz CT molecular complexity index is 441. The number of aliphatic hydroxyl groups is 1. The minimum absolute atomic E-state index is 0.0241. The van der Waals surface area contributed by atoms with Gasteiger partial charge >= 0.3 is 0 Å². The van der Waals surface area contributed by atoms with Gasteiger partial charge in [0.05, 0.1) is 18.7 Å². The number of likely N-dealkylation sites (tertiary alicyclic amines) is 1. The quantitative estimate of drug-likeness (QED) is 0.907. The summed E-state index contributed by atoms with van der Waals surface area (Å²) in [5, 5.41) is 9.93. The molecule has 1 amide bonds. The molecule has 98 valence electrons. The number of amides is 1. The molecular formula is C14H19NO2S. The summed E-state index contributed by atoms with van der Waals surface area (Å²) < 4.78 is 0. The highest BCUT2D eigenvalue weighted by molar-refractivity contribution is 7.97. The molecule has 0 spiro atoms. The van der Waals surface area contributed by atoms with Gasteiger partial charge in [-0.1, -0.05) is 19.1 Å². The van der Waals surface area contributed by atoms with Crippen LogP contribution in [0.5, 0.6) is 0 Å². The molecule has 0 atom stereocenters. The second kappa shape index (κ2) is 5.33. The Morgan fingerprint density at radius 1 is 1.50 bits per heavy atom. The molecule has 0 saturated carbocycles. The summed E-state index contributed by atoms with van der Waals surface area (Å²) in [6, 6.07) is 7.74. The highest BCUT2D eigenvalue weighted by atomic mass is 32.2. The molecule has 1 N–H and O–H groups in total. The summed E-state index contributed by atoms with van der Waals surface area (Å²) in [5.41, 5.74) is 1.23. The third-order valence-electron chi connectivity index (χ3n) is 3.40. The Kier molecular flexibility index (Phi) is 3.97. The van der Waals surface area contributed by atoms with E-state index in [4.69, 9.17) is 0 Å². The van der Waals surface area contributed by atoms with Gasteiger partial charge in [0.15, 0.2) is 0 Å². The van der Waals surface area contributed by atoms with Crippen molar-refractivity contribution in [3.05, 3.63) is 35.4 Å². The fourth-order valence-corrected chi connectivity index (χ4v) is 2.69. The SMILES string of the molecule is CCC1(O)CN(C(=O)c2cccc(CSC)c2)C1. The van der Waals surface area contributed by atoms with Gasteiger partial charge in [0.2, 0.25) is 0 Å². The van der Waals surface area contributed by atoms with E-state index in [1.165, 1.54) is 5.56 Å². The second-order valence-electron chi connectivity index (χ2n) is 4.87. The number of nitrogens with zero attached hydrogens (tertiary/aromatic N) is 1. The van der Waals surface area contributed by atoms with Crippen molar-refractivity contribution in [2.24, 2.45) is 0 Å². The van der Waals surface area contributed by atoms with Crippen molar-refractivity contribution < 1.29 is 9.90 Å². The molecule has 4 heteroatoms. The minimum Gasteiger partial charge on any atom is -0.386 e. The minimum atomic E-state index is -0.660. The van der Waals surface area contributed by atoms with Crippen LogP contribution in [0.3, 0.4) is 0 Å². The Labute approximate surface area is 112 Å². The average Bonchev–Trinajstić information content (AvgIpc) is 2.35. The van der Waals surface area contributed by atoms with Gasteiger partial charge in [-0.25, -0.2) is 0 Å². The zero-order valence-electron chi connectivity index (χ0n) is 10.8. The average molecular weight is 265 g/mol. The summed E-state index contributed by atoms with van der Waals surface area (Å²) in [4.78, 5) is 13.9. The number of β-amino-alcohol motifs (C(OH)–C–C–N with tert-alkyl or cyclic N) is 1. The van der Waals surface area contributed by atoms with Crippen LogP contribution in [0.1, 0.15) is 29.3 Å². The predicted octanol–water partition coefficient (Wildman–Crippen LogP) is 2.15. The van der Waals surface area contributed by atoms with Crippen LogP contribution in [-0.4, -0.2) is 40.9 Å². The van der Waals surface area contributed by atoms with Crippen LogP contribution in [0.2, 0.25) is 0 Å². The van der Waals surface area contributed by atoms with Crippen molar-refractivity contribution in [2.45, 2.75) is 24.7 Å². The highest BCUT2D eigenvalue weighted by Gasteiger charge is 2.42. The molecule has 0 bridgehead atoms. The van der Waals surface area contributed by atoms with Crippen LogP contribution in [0.25, 0.3) is 0 Å². The molecule has 18 heavy (non-hydrogen) atoms. The maximum absolute atomic E-state index is 12.2. The predicted molar refractivity (Wildman–Crippen MR) is 74.8 cm³/mol. The first-order valence-electron chi connectivity index (χ1n) is 6.17. The molecule has 1 fully saturated rings. The van der Waals surface area contributed by atoms with Crippen molar-refractivity contribution in [3.63, 3.8) is 0 Å². The lowest BCUT2D eigenvalue weighted by Gasteiger charge is -2.46. The largest absolute Gasteiger partial charge is 0.386 e. The molecule has 1 aromatic rings. The number of benzene rings is 1. The van der Waals surface area contributed by atoms with E-state index in [-0.39, 0.29) is 5.91 Å². The molecule has 0 aromatic heterocycles. The van der Waals surface area contributed by atoms with Gasteiger partial charge in [-0.3, -0.25) is 4.79 Å². The smallest absolute Gasteiger partial charge is 0.254 e. The van der Waals surface area contributed by atoms with Crippen molar-refractivity contribution in [1.29, 1.82) is 0 Å². The lowest BCUT2D eigenvalue weighted by molar-refractivity contribution is -0.0826. The zero-order valence-corrected chi connectivity index (χ0v) is 11.7. The van der Waals surface area contributed by atoms with Crippen molar-refractivity contribution in [1.82, 2.24) is 4.90 Å². The molecule has 3 nitrogen and oxygen atoms in total. The maximum atomic E-state index is 12.2. The molecule has 1 aliphatic rings. The van der Waals surface area contributed by atoms with Crippen LogP contribution in [0, 0.1) is 0 Å². The number of carbonyl (C=O) groups is 1. The maximum Gasteiger partial charge on any atom is 0.254 e. The van der Waals surface area contributed by atoms with Crippen molar-refractivity contribution in [2.75, 3.05) is 19.3 Å². The summed E-state index contributed by atoms with van der Waals surface area (Å²) in [7, 11) is 0. The van der Waals surface area contributed by atoms with E-state index in [0.29, 0.717) is 19.5 Å². The molecule has 1 saturated heterocycles. The Hall–Kier alpha value is -1.00. The van der Waals surface area contributed by atoms with Crippen molar-refractivity contribution >= 4 is 17.7 Å². The number of hydrogen-bond acceptors (Lipinski definition) is 3. The molecule has 0 unspecified atom stereocenters. The fourth-order valence-electron chi connectivity index (χ4n) is 2.17. The van der Waals surface area contributed by atoms with E-state index < -0.39 is 5.60 Å².